The third-order valence-corrected chi connectivity index (χ3v) is 2.91. The molecule has 3 nitrogen and oxygen atoms in total. The molecule has 1 rings (SSSR count). The second kappa shape index (κ2) is 4.72. The zero-order chi connectivity index (χ0) is 8.97. The molecule has 4 heteroatoms. The fraction of sp³-hybridized carbons (Fsp3) is 0.875. The summed E-state index contributed by atoms with van der Waals surface area (Å²) in [6.07, 6.45) is -0.629. The van der Waals surface area contributed by atoms with Crippen LogP contribution in [0.5, 0.6) is 0 Å². The summed E-state index contributed by atoms with van der Waals surface area (Å²) in [5.41, 5.74) is 0. The van der Waals surface area contributed by atoms with Crippen molar-refractivity contribution in [1.82, 2.24) is 4.90 Å². The van der Waals surface area contributed by atoms with Crippen LogP contribution in [0.25, 0.3) is 0 Å². The summed E-state index contributed by atoms with van der Waals surface area (Å²) in [7, 11) is 0. The molecule has 0 bridgehead atoms. The summed E-state index contributed by atoms with van der Waals surface area (Å²) < 4.78 is 0. The van der Waals surface area contributed by atoms with Crippen molar-refractivity contribution < 1.29 is 9.90 Å². The van der Waals surface area contributed by atoms with Gasteiger partial charge < -0.3 is 4.90 Å². The Morgan fingerprint density at radius 1 is 1.50 bits per heavy atom. The molecule has 1 saturated heterocycles. The Kier molecular flexibility index (Phi) is 3.88. The number of carbonyl (C=O) groups is 1. The van der Waals surface area contributed by atoms with Crippen LogP contribution in [0.3, 0.4) is 0 Å². The molecular formula is C8H14NO2S. The summed E-state index contributed by atoms with van der Waals surface area (Å²) in [5.74, 6) is 1.74. The minimum Gasteiger partial charge on any atom is -0.339 e. The second-order valence-corrected chi connectivity index (χ2v) is 4.06. The molecule has 1 amide bonds. The van der Waals surface area contributed by atoms with Gasteiger partial charge in [-0.2, -0.15) is 11.8 Å². The van der Waals surface area contributed by atoms with Gasteiger partial charge in [0.05, 0.1) is 0 Å². The van der Waals surface area contributed by atoms with E-state index in [2.05, 4.69) is 0 Å². The van der Waals surface area contributed by atoms with Crippen molar-refractivity contribution in [2.24, 2.45) is 0 Å². The second-order valence-electron chi connectivity index (χ2n) is 2.83. The highest BCUT2D eigenvalue weighted by molar-refractivity contribution is 7.99. The Hall–Kier alpha value is -0.220. The molecule has 0 saturated carbocycles. The maximum atomic E-state index is 11.3. The summed E-state index contributed by atoms with van der Waals surface area (Å²) in [6, 6.07) is 0. The molecule has 0 aromatic rings. The van der Waals surface area contributed by atoms with E-state index < -0.39 is 6.10 Å². The summed E-state index contributed by atoms with van der Waals surface area (Å²) in [4.78, 5) is 13.0. The van der Waals surface area contributed by atoms with Gasteiger partial charge >= 0.3 is 0 Å². The van der Waals surface area contributed by atoms with E-state index in [0.717, 1.165) is 24.6 Å². The quantitative estimate of drug-likeness (QED) is 0.642. The van der Waals surface area contributed by atoms with Crippen LogP contribution >= 0.6 is 11.8 Å². The van der Waals surface area contributed by atoms with E-state index >= 15 is 0 Å². The molecule has 1 fully saturated rings. The summed E-state index contributed by atoms with van der Waals surface area (Å²) in [6.45, 7) is 3.26. The third kappa shape index (κ3) is 2.38. The molecular weight excluding hydrogens is 174 g/mol. The van der Waals surface area contributed by atoms with Crippen LogP contribution in [-0.4, -0.2) is 41.5 Å². The van der Waals surface area contributed by atoms with Crippen LogP contribution in [0.2, 0.25) is 0 Å². The van der Waals surface area contributed by atoms with Gasteiger partial charge in [-0.05, 0) is 6.42 Å². The number of nitrogens with zero attached hydrogens (tertiary/aromatic N) is 1. The van der Waals surface area contributed by atoms with Crippen molar-refractivity contribution >= 4 is 17.7 Å². The lowest BCUT2D eigenvalue weighted by Crippen LogP contribution is -2.43. The molecule has 1 unspecified atom stereocenters. The van der Waals surface area contributed by atoms with E-state index in [4.69, 9.17) is 0 Å². The van der Waals surface area contributed by atoms with Crippen molar-refractivity contribution in [3.8, 4) is 0 Å². The first kappa shape index (κ1) is 9.86. The van der Waals surface area contributed by atoms with Crippen LogP contribution in [0, 0.1) is 0 Å². The van der Waals surface area contributed by atoms with E-state index in [1.165, 1.54) is 0 Å². The topological polar surface area (TPSA) is 40.2 Å². The van der Waals surface area contributed by atoms with Crippen LogP contribution in [0.15, 0.2) is 0 Å². The summed E-state index contributed by atoms with van der Waals surface area (Å²) >= 11 is 1.84. The van der Waals surface area contributed by atoms with Gasteiger partial charge in [-0.25, -0.2) is 5.11 Å². The van der Waals surface area contributed by atoms with Crippen molar-refractivity contribution in [3.05, 3.63) is 0 Å². The Bertz CT molecular complexity index is 157. The first-order valence-corrected chi connectivity index (χ1v) is 5.43. The fourth-order valence-corrected chi connectivity index (χ4v) is 2.07. The molecule has 0 aliphatic carbocycles. The van der Waals surface area contributed by atoms with Gasteiger partial charge in [0.1, 0.15) is 0 Å². The lowest BCUT2D eigenvalue weighted by atomic mass is 10.2. The predicted octanol–water partition coefficient (Wildman–Crippen LogP) is 0.771. The Morgan fingerprint density at radius 3 is 2.58 bits per heavy atom. The third-order valence-electron chi connectivity index (χ3n) is 1.97. The van der Waals surface area contributed by atoms with Gasteiger partial charge in [-0.15, -0.1) is 0 Å². The fourth-order valence-electron chi connectivity index (χ4n) is 1.16. The summed E-state index contributed by atoms with van der Waals surface area (Å²) in [5, 5.41) is 11.1. The zero-order valence-electron chi connectivity index (χ0n) is 7.28. The van der Waals surface area contributed by atoms with Crippen molar-refractivity contribution in [2.45, 2.75) is 19.4 Å². The molecule has 1 heterocycles. The van der Waals surface area contributed by atoms with Crippen molar-refractivity contribution in [3.63, 3.8) is 0 Å². The van der Waals surface area contributed by atoms with Gasteiger partial charge in [0.25, 0.3) is 5.91 Å². The monoisotopic (exact) mass is 188 g/mol. The maximum absolute atomic E-state index is 11.3. The van der Waals surface area contributed by atoms with Crippen LogP contribution in [0.1, 0.15) is 13.3 Å². The molecule has 12 heavy (non-hydrogen) atoms. The molecule has 1 aliphatic heterocycles. The standard InChI is InChI=1S/C8H14NO2S/c1-2-7(10)8(11)9-3-5-12-6-4-9/h7H,2-6H2,1H3. The molecule has 1 radical (unpaired) electrons. The first-order valence-electron chi connectivity index (χ1n) is 4.28. The normalized spacial score (nSPS) is 20.7. The maximum Gasteiger partial charge on any atom is 0.255 e. The van der Waals surface area contributed by atoms with Gasteiger partial charge in [0, 0.05) is 24.6 Å². The molecule has 0 spiro atoms. The van der Waals surface area contributed by atoms with Gasteiger partial charge in [-0.1, -0.05) is 6.92 Å². The van der Waals surface area contributed by atoms with Crippen molar-refractivity contribution in [2.75, 3.05) is 24.6 Å². The van der Waals surface area contributed by atoms with Crippen LogP contribution < -0.4 is 0 Å². The molecule has 69 valence electrons. The molecule has 0 aromatic carbocycles. The van der Waals surface area contributed by atoms with Gasteiger partial charge in [0.15, 0.2) is 6.10 Å². The van der Waals surface area contributed by atoms with Crippen molar-refractivity contribution in [1.29, 1.82) is 0 Å². The highest BCUT2D eigenvalue weighted by atomic mass is 32.2. The Labute approximate surface area is 77.1 Å². The largest absolute Gasteiger partial charge is 0.339 e. The number of hydrogen-bond donors (Lipinski definition) is 0. The van der Waals surface area contributed by atoms with Gasteiger partial charge in [0.2, 0.25) is 0 Å². The lowest BCUT2D eigenvalue weighted by Gasteiger charge is -2.27. The number of rotatable bonds is 2. The number of amides is 1. The SMILES string of the molecule is CCC([O])C(=O)N1CCSCC1. The van der Waals surface area contributed by atoms with E-state index in [9.17, 15) is 9.90 Å². The van der Waals surface area contributed by atoms with Gasteiger partial charge in [-0.3, -0.25) is 4.79 Å². The predicted molar refractivity (Wildman–Crippen MR) is 48.7 cm³/mol. The highest BCUT2D eigenvalue weighted by Crippen LogP contribution is 2.11. The van der Waals surface area contributed by atoms with E-state index in [0.29, 0.717) is 6.42 Å². The first-order chi connectivity index (χ1) is 5.75. The van der Waals surface area contributed by atoms with Crippen LogP contribution in [0.4, 0.5) is 0 Å². The Morgan fingerprint density at radius 2 is 2.08 bits per heavy atom. The molecule has 1 atom stereocenters. The van der Waals surface area contributed by atoms with Crippen LogP contribution in [-0.2, 0) is 9.90 Å². The average molecular weight is 188 g/mol. The number of carbonyl (C=O) groups excluding carboxylic acids is 1. The minimum atomic E-state index is -1.03. The highest BCUT2D eigenvalue weighted by Gasteiger charge is 2.23. The zero-order valence-corrected chi connectivity index (χ0v) is 8.10. The lowest BCUT2D eigenvalue weighted by molar-refractivity contribution is -0.143. The molecule has 0 aromatic heterocycles. The number of hydrogen-bond acceptors (Lipinski definition) is 2. The average Bonchev–Trinajstić information content (AvgIpc) is 2.17. The smallest absolute Gasteiger partial charge is 0.255 e. The van der Waals surface area contributed by atoms with E-state index in [1.54, 1.807) is 11.8 Å². The van der Waals surface area contributed by atoms with E-state index in [-0.39, 0.29) is 5.91 Å². The molecule has 0 N–H and O–H groups in total. The minimum absolute atomic E-state index is 0.210. The number of thioether (sulfide) groups is 1. The molecule has 1 aliphatic rings. The Balaban J connectivity index is 2.39. The van der Waals surface area contributed by atoms with E-state index in [1.807, 2.05) is 11.8 Å².